The summed E-state index contributed by atoms with van der Waals surface area (Å²) in [5.74, 6) is 0.144. The van der Waals surface area contributed by atoms with Gasteiger partial charge in [0.1, 0.15) is 0 Å². The first-order valence-corrected chi connectivity index (χ1v) is 6.34. The molecule has 0 spiro atoms. The minimum atomic E-state index is -0.885. The largest absolute Gasteiger partial charge is 0.385 e. The quantitative estimate of drug-likeness (QED) is 0.881. The highest BCUT2D eigenvalue weighted by atomic mass is 16.5. The van der Waals surface area contributed by atoms with Gasteiger partial charge < -0.3 is 9.84 Å². The molecule has 94 valence electrons. The maximum Gasteiger partial charge on any atom is 0.0940 e. The van der Waals surface area contributed by atoms with Gasteiger partial charge in [-0.25, -0.2) is 0 Å². The molecule has 3 heteroatoms. The molecular weight excluding hydrogens is 226 g/mol. The van der Waals surface area contributed by atoms with Crippen LogP contribution < -0.4 is 0 Å². The van der Waals surface area contributed by atoms with Gasteiger partial charge in [-0.2, -0.15) is 0 Å². The second-order valence-electron chi connectivity index (χ2n) is 5.09. The van der Waals surface area contributed by atoms with Crippen LogP contribution in [-0.4, -0.2) is 23.3 Å². The summed E-state index contributed by atoms with van der Waals surface area (Å²) in [6, 6.07) is 9.90. The Morgan fingerprint density at radius 1 is 1.33 bits per heavy atom. The Morgan fingerprint density at radius 3 is 2.94 bits per heavy atom. The van der Waals surface area contributed by atoms with Gasteiger partial charge in [0.15, 0.2) is 0 Å². The lowest BCUT2D eigenvalue weighted by Gasteiger charge is -2.30. The summed E-state index contributed by atoms with van der Waals surface area (Å²) in [6.07, 6.45) is 2.67. The summed E-state index contributed by atoms with van der Waals surface area (Å²) in [5, 5.41) is 11.9. The summed E-state index contributed by atoms with van der Waals surface area (Å²) >= 11 is 0. The smallest absolute Gasteiger partial charge is 0.0940 e. The number of aliphatic hydroxyl groups is 1. The van der Waals surface area contributed by atoms with Crippen molar-refractivity contribution in [3.63, 3.8) is 0 Å². The van der Waals surface area contributed by atoms with Crippen molar-refractivity contribution in [1.82, 2.24) is 4.98 Å². The highest BCUT2D eigenvalue weighted by Gasteiger charge is 2.37. The molecule has 2 atom stereocenters. The van der Waals surface area contributed by atoms with Gasteiger partial charge in [-0.1, -0.05) is 24.3 Å². The van der Waals surface area contributed by atoms with E-state index < -0.39 is 5.60 Å². The predicted octanol–water partition coefficient (Wildman–Crippen LogP) is 2.48. The standard InChI is InChI=1S/C15H17NO2/c1-15(17,12-7-9-18-10-12)13-6-2-4-11-5-3-8-16-14(11)13/h2-6,8,12,17H,7,9-10H2,1H3. The minimum absolute atomic E-state index is 0.144. The third-order valence-electron chi connectivity index (χ3n) is 3.90. The van der Waals surface area contributed by atoms with Gasteiger partial charge in [0.25, 0.3) is 0 Å². The molecular formula is C15H17NO2. The van der Waals surface area contributed by atoms with Crippen molar-refractivity contribution >= 4 is 10.9 Å². The van der Waals surface area contributed by atoms with E-state index in [-0.39, 0.29) is 5.92 Å². The highest BCUT2D eigenvalue weighted by Crippen LogP contribution is 2.37. The molecule has 0 amide bonds. The van der Waals surface area contributed by atoms with E-state index in [0.29, 0.717) is 6.61 Å². The molecule has 1 aromatic carbocycles. The van der Waals surface area contributed by atoms with Crippen LogP contribution in [0.2, 0.25) is 0 Å². The fraction of sp³-hybridized carbons (Fsp3) is 0.400. The molecule has 0 radical (unpaired) electrons. The molecule has 1 aromatic heterocycles. The molecule has 3 rings (SSSR count). The molecule has 2 unspecified atom stereocenters. The number of rotatable bonds is 2. The molecule has 1 N–H and O–H groups in total. The Bertz CT molecular complexity index is 554. The molecule has 1 saturated heterocycles. The molecule has 1 fully saturated rings. The van der Waals surface area contributed by atoms with Crippen molar-refractivity contribution in [2.45, 2.75) is 18.9 Å². The van der Waals surface area contributed by atoms with E-state index in [9.17, 15) is 5.11 Å². The summed E-state index contributed by atoms with van der Waals surface area (Å²) in [7, 11) is 0. The van der Waals surface area contributed by atoms with Crippen LogP contribution in [0.1, 0.15) is 18.9 Å². The predicted molar refractivity (Wildman–Crippen MR) is 70.2 cm³/mol. The average molecular weight is 243 g/mol. The lowest BCUT2D eigenvalue weighted by molar-refractivity contribution is -0.00855. The van der Waals surface area contributed by atoms with Gasteiger partial charge in [-0.05, 0) is 19.4 Å². The maximum atomic E-state index is 10.9. The van der Waals surface area contributed by atoms with Gasteiger partial charge in [0, 0.05) is 29.7 Å². The first-order chi connectivity index (χ1) is 8.69. The van der Waals surface area contributed by atoms with Crippen LogP contribution in [0.3, 0.4) is 0 Å². The molecule has 0 aliphatic carbocycles. The van der Waals surface area contributed by atoms with Gasteiger partial charge in [-0.15, -0.1) is 0 Å². The Morgan fingerprint density at radius 2 is 2.17 bits per heavy atom. The molecule has 2 aromatic rings. The van der Waals surface area contributed by atoms with Crippen LogP contribution in [0, 0.1) is 5.92 Å². The Balaban J connectivity index is 2.13. The SMILES string of the molecule is CC(O)(c1cccc2cccnc12)C1CCOC1. The molecule has 1 aliphatic heterocycles. The third-order valence-corrected chi connectivity index (χ3v) is 3.90. The lowest BCUT2D eigenvalue weighted by Crippen LogP contribution is -2.32. The number of para-hydroxylation sites is 1. The zero-order valence-corrected chi connectivity index (χ0v) is 10.5. The van der Waals surface area contributed by atoms with E-state index in [0.717, 1.165) is 29.5 Å². The summed E-state index contributed by atoms with van der Waals surface area (Å²) in [6.45, 7) is 3.23. The lowest BCUT2D eigenvalue weighted by atomic mass is 9.81. The van der Waals surface area contributed by atoms with Crippen LogP contribution >= 0.6 is 0 Å². The van der Waals surface area contributed by atoms with Crippen molar-refractivity contribution in [3.8, 4) is 0 Å². The number of fused-ring (bicyclic) bond motifs is 1. The van der Waals surface area contributed by atoms with E-state index in [1.54, 1.807) is 6.20 Å². The number of hydrogen-bond acceptors (Lipinski definition) is 3. The Kier molecular flexibility index (Phi) is 2.80. The highest BCUT2D eigenvalue weighted by molar-refractivity contribution is 5.82. The number of ether oxygens (including phenoxy) is 1. The molecule has 3 nitrogen and oxygen atoms in total. The van der Waals surface area contributed by atoms with Crippen molar-refractivity contribution in [1.29, 1.82) is 0 Å². The van der Waals surface area contributed by atoms with Crippen molar-refractivity contribution in [2.24, 2.45) is 5.92 Å². The van der Waals surface area contributed by atoms with Gasteiger partial charge in [-0.3, -0.25) is 4.98 Å². The first-order valence-electron chi connectivity index (χ1n) is 6.34. The number of pyridine rings is 1. The molecule has 2 heterocycles. The number of nitrogens with zero attached hydrogens (tertiary/aromatic N) is 1. The topological polar surface area (TPSA) is 42.4 Å². The van der Waals surface area contributed by atoms with Crippen LogP contribution in [0.4, 0.5) is 0 Å². The van der Waals surface area contributed by atoms with E-state index in [1.807, 2.05) is 37.3 Å². The second kappa shape index (κ2) is 4.34. The van der Waals surface area contributed by atoms with E-state index in [2.05, 4.69) is 4.98 Å². The maximum absolute atomic E-state index is 10.9. The van der Waals surface area contributed by atoms with Crippen LogP contribution in [-0.2, 0) is 10.3 Å². The minimum Gasteiger partial charge on any atom is -0.385 e. The Labute approximate surface area is 106 Å². The first kappa shape index (κ1) is 11.6. The van der Waals surface area contributed by atoms with Crippen LogP contribution in [0.25, 0.3) is 10.9 Å². The number of hydrogen-bond donors (Lipinski definition) is 1. The zero-order chi connectivity index (χ0) is 12.6. The van der Waals surface area contributed by atoms with Crippen LogP contribution in [0.5, 0.6) is 0 Å². The molecule has 0 saturated carbocycles. The normalized spacial score (nSPS) is 23.1. The number of benzene rings is 1. The van der Waals surface area contributed by atoms with Crippen molar-refractivity contribution < 1.29 is 9.84 Å². The Hall–Kier alpha value is -1.45. The second-order valence-corrected chi connectivity index (χ2v) is 5.09. The average Bonchev–Trinajstić information content (AvgIpc) is 2.92. The van der Waals surface area contributed by atoms with E-state index in [1.165, 1.54) is 0 Å². The molecule has 18 heavy (non-hydrogen) atoms. The summed E-state index contributed by atoms with van der Waals surface area (Å²) < 4.78 is 5.40. The van der Waals surface area contributed by atoms with Crippen LogP contribution in [0.15, 0.2) is 36.5 Å². The monoisotopic (exact) mass is 243 g/mol. The molecule has 1 aliphatic rings. The summed E-state index contributed by atoms with van der Waals surface area (Å²) in [4.78, 5) is 4.42. The van der Waals surface area contributed by atoms with E-state index in [4.69, 9.17) is 4.74 Å². The third kappa shape index (κ3) is 1.80. The number of aromatic nitrogens is 1. The fourth-order valence-corrected chi connectivity index (χ4v) is 2.71. The van der Waals surface area contributed by atoms with Gasteiger partial charge in [0.05, 0.1) is 17.7 Å². The van der Waals surface area contributed by atoms with Gasteiger partial charge >= 0.3 is 0 Å². The fourth-order valence-electron chi connectivity index (χ4n) is 2.71. The van der Waals surface area contributed by atoms with E-state index >= 15 is 0 Å². The van der Waals surface area contributed by atoms with Crippen molar-refractivity contribution in [3.05, 3.63) is 42.1 Å². The van der Waals surface area contributed by atoms with Gasteiger partial charge in [0.2, 0.25) is 0 Å². The van der Waals surface area contributed by atoms with Crippen molar-refractivity contribution in [2.75, 3.05) is 13.2 Å². The zero-order valence-electron chi connectivity index (χ0n) is 10.5. The summed E-state index contributed by atoms with van der Waals surface area (Å²) in [5.41, 5.74) is 0.901. The molecule has 0 bridgehead atoms.